The summed E-state index contributed by atoms with van der Waals surface area (Å²) in [6.45, 7) is 4.33. The molecule has 0 heterocycles. The molecule has 0 saturated heterocycles. The molecular weight excluding hydrogens is 172 g/mol. The molecular formula is C13H26O. The van der Waals surface area contributed by atoms with Gasteiger partial charge in [-0.15, -0.1) is 0 Å². The van der Waals surface area contributed by atoms with E-state index >= 15 is 0 Å². The van der Waals surface area contributed by atoms with Crippen LogP contribution in [-0.2, 0) is 0 Å². The summed E-state index contributed by atoms with van der Waals surface area (Å²) in [5, 5.41) is 9.50. The molecule has 1 nitrogen and oxygen atoms in total. The van der Waals surface area contributed by atoms with Gasteiger partial charge in [0.1, 0.15) is 0 Å². The lowest BCUT2D eigenvalue weighted by Gasteiger charge is -2.04. The lowest BCUT2D eigenvalue weighted by Crippen LogP contribution is -2.01. The molecule has 0 fully saturated rings. The van der Waals surface area contributed by atoms with E-state index in [-0.39, 0.29) is 6.10 Å². The van der Waals surface area contributed by atoms with Gasteiger partial charge < -0.3 is 5.11 Å². The van der Waals surface area contributed by atoms with E-state index in [9.17, 15) is 5.11 Å². The van der Waals surface area contributed by atoms with Crippen molar-refractivity contribution >= 4 is 0 Å². The maximum absolute atomic E-state index is 9.50. The Morgan fingerprint density at radius 3 is 2.29 bits per heavy atom. The molecule has 1 N–H and O–H groups in total. The van der Waals surface area contributed by atoms with Crippen molar-refractivity contribution in [3.8, 4) is 0 Å². The van der Waals surface area contributed by atoms with E-state index in [4.69, 9.17) is 0 Å². The molecule has 0 aliphatic heterocycles. The van der Waals surface area contributed by atoms with Crippen LogP contribution in [0.1, 0.15) is 65.2 Å². The van der Waals surface area contributed by atoms with E-state index in [0.29, 0.717) is 0 Å². The molecule has 14 heavy (non-hydrogen) atoms. The van der Waals surface area contributed by atoms with Gasteiger partial charge in [0.15, 0.2) is 0 Å². The summed E-state index contributed by atoms with van der Waals surface area (Å²) in [6.07, 6.45) is 13.5. The third kappa shape index (κ3) is 9.79. The fraction of sp³-hybridized carbons (Fsp3) is 0.846. The first-order valence-electron chi connectivity index (χ1n) is 6.16. The zero-order chi connectivity index (χ0) is 10.6. The van der Waals surface area contributed by atoms with Crippen LogP contribution >= 0.6 is 0 Å². The molecule has 0 aromatic rings. The first-order chi connectivity index (χ1) is 6.81. The Labute approximate surface area is 89.2 Å². The number of hydrogen-bond acceptors (Lipinski definition) is 1. The number of aliphatic hydroxyl groups excluding tert-OH is 1. The Bertz CT molecular complexity index is 129. The molecule has 1 unspecified atom stereocenters. The van der Waals surface area contributed by atoms with Gasteiger partial charge in [0.05, 0.1) is 6.10 Å². The summed E-state index contributed by atoms with van der Waals surface area (Å²) < 4.78 is 0. The van der Waals surface area contributed by atoms with E-state index in [0.717, 1.165) is 12.8 Å². The zero-order valence-corrected chi connectivity index (χ0v) is 9.84. The first kappa shape index (κ1) is 13.7. The Hall–Kier alpha value is -0.300. The molecule has 1 atom stereocenters. The highest BCUT2D eigenvalue weighted by molar-refractivity contribution is 4.87. The standard InChI is InChI=1S/C13H26O/c1-3-5-7-8-9-10-12-13(14)11-6-4-2/h6,11,13-14H,3-5,7-10,12H2,1-2H3/b11-6+. The van der Waals surface area contributed by atoms with Gasteiger partial charge in [0.25, 0.3) is 0 Å². The van der Waals surface area contributed by atoms with Crippen molar-refractivity contribution in [1.82, 2.24) is 0 Å². The van der Waals surface area contributed by atoms with Crippen LogP contribution in [0, 0.1) is 0 Å². The Balaban J connectivity index is 3.14. The monoisotopic (exact) mass is 198 g/mol. The second-order valence-corrected chi connectivity index (χ2v) is 3.96. The highest BCUT2D eigenvalue weighted by Gasteiger charge is 1.97. The zero-order valence-electron chi connectivity index (χ0n) is 9.84. The predicted molar refractivity (Wildman–Crippen MR) is 63.4 cm³/mol. The Morgan fingerprint density at radius 1 is 1.00 bits per heavy atom. The summed E-state index contributed by atoms with van der Waals surface area (Å²) in [7, 11) is 0. The van der Waals surface area contributed by atoms with E-state index < -0.39 is 0 Å². The molecule has 0 saturated carbocycles. The summed E-state index contributed by atoms with van der Waals surface area (Å²) >= 11 is 0. The van der Waals surface area contributed by atoms with Crippen LogP contribution in [0.2, 0.25) is 0 Å². The van der Waals surface area contributed by atoms with Crippen LogP contribution in [-0.4, -0.2) is 11.2 Å². The van der Waals surface area contributed by atoms with Crippen LogP contribution in [0.3, 0.4) is 0 Å². The van der Waals surface area contributed by atoms with Crippen LogP contribution in [0.5, 0.6) is 0 Å². The Kier molecular flexibility index (Phi) is 10.5. The summed E-state index contributed by atoms with van der Waals surface area (Å²) in [5.74, 6) is 0. The van der Waals surface area contributed by atoms with Crippen molar-refractivity contribution in [3.05, 3.63) is 12.2 Å². The number of unbranched alkanes of at least 4 members (excludes halogenated alkanes) is 5. The highest BCUT2D eigenvalue weighted by atomic mass is 16.3. The smallest absolute Gasteiger partial charge is 0.0720 e. The highest BCUT2D eigenvalue weighted by Crippen LogP contribution is 2.09. The maximum atomic E-state index is 9.50. The van der Waals surface area contributed by atoms with E-state index in [2.05, 4.69) is 13.8 Å². The van der Waals surface area contributed by atoms with E-state index in [1.165, 1.54) is 38.5 Å². The van der Waals surface area contributed by atoms with Gasteiger partial charge in [-0.05, 0) is 12.8 Å². The molecule has 0 aliphatic carbocycles. The molecule has 0 bridgehead atoms. The molecule has 0 aromatic heterocycles. The molecule has 0 aromatic carbocycles. The minimum atomic E-state index is -0.207. The van der Waals surface area contributed by atoms with Gasteiger partial charge in [-0.2, -0.15) is 0 Å². The van der Waals surface area contributed by atoms with Crippen LogP contribution in [0.15, 0.2) is 12.2 Å². The fourth-order valence-corrected chi connectivity index (χ4v) is 1.52. The molecule has 84 valence electrons. The van der Waals surface area contributed by atoms with Crippen molar-refractivity contribution in [2.45, 2.75) is 71.3 Å². The maximum Gasteiger partial charge on any atom is 0.0720 e. The second-order valence-electron chi connectivity index (χ2n) is 3.96. The van der Waals surface area contributed by atoms with Crippen molar-refractivity contribution in [3.63, 3.8) is 0 Å². The quantitative estimate of drug-likeness (QED) is 0.437. The number of rotatable bonds is 9. The Morgan fingerprint density at radius 2 is 1.64 bits per heavy atom. The van der Waals surface area contributed by atoms with Crippen LogP contribution in [0.4, 0.5) is 0 Å². The molecule has 0 amide bonds. The molecule has 0 radical (unpaired) electrons. The summed E-state index contributed by atoms with van der Waals surface area (Å²) in [4.78, 5) is 0. The molecule has 0 spiro atoms. The summed E-state index contributed by atoms with van der Waals surface area (Å²) in [6, 6.07) is 0. The van der Waals surface area contributed by atoms with Gasteiger partial charge >= 0.3 is 0 Å². The van der Waals surface area contributed by atoms with Crippen LogP contribution in [0.25, 0.3) is 0 Å². The van der Waals surface area contributed by atoms with Crippen molar-refractivity contribution < 1.29 is 5.11 Å². The number of allylic oxidation sites excluding steroid dienone is 1. The topological polar surface area (TPSA) is 20.2 Å². The largest absolute Gasteiger partial charge is 0.389 e. The predicted octanol–water partition coefficient (Wildman–Crippen LogP) is 4.06. The average Bonchev–Trinajstić information content (AvgIpc) is 2.20. The third-order valence-electron chi connectivity index (χ3n) is 2.45. The molecule has 0 rings (SSSR count). The van der Waals surface area contributed by atoms with E-state index in [1.807, 2.05) is 12.2 Å². The first-order valence-corrected chi connectivity index (χ1v) is 6.16. The van der Waals surface area contributed by atoms with Gasteiger partial charge in [-0.3, -0.25) is 0 Å². The van der Waals surface area contributed by atoms with Crippen LogP contribution < -0.4 is 0 Å². The average molecular weight is 198 g/mol. The van der Waals surface area contributed by atoms with Crippen molar-refractivity contribution in [2.75, 3.05) is 0 Å². The molecule has 1 heteroatoms. The van der Waals surface area contributed by atoms with Gasteiger partial charge in [0, 0.05) is 0 Å². The SMILES string of the molecule is CC/C=C/C(O)CCCCCCCC. The van der Waals surface area contributed by atoms with Gasteiger partial charge in [-0.25, -0.2) is 0 Å². The second kappa shape index (κ2) is 10.8. The minimum Gasteiger partial charge on any atom is -0.389 e. The van der Waals surface area contributed by atoms with Gasteiger partial charge in [0.2, 0.25) is 0 Å². The minimum absolute atomic E-state index is 0.207. The van der Waals surface area contributed by atoms with E-state index in [1.54, 1.807) is 0 Å². The summed E-state index contributed by atoms with van der Waals surface area (Å²) in [5.41, 5.74) is 0. The van der Waals surface area contributed by atoms with Crippen molar-refractivity contribution in [2.24, 2.45) is 0 Å². The van der Waals surface area contributed by atoms with Gasteiger partial charge in [-0.1, -0.05) is 64.5 Å². The van der Waals surface area contributed by atoms with Crippen molar-refractivity contribution in [1.29, 1.82) is 0 Å². The normalized spacial score (nSPS) is 13.6. The third-order valence-corrected chi connectivity index (χ3v) is 2.45. The fourth-order valence-electron chi connectivity index (χ4n) is 1.52. The lowest BCUT2D eigenvalue weighted by atomic mass is 10.1. The molecule has 0 aliphatic rings. The number of hydrogen-bond donors (Lipinski definition) is 1. The lowest BCUT2D eigenvalue weighted by molar-refractivity contribution is 0.207. The number of aliphatic hydroxyl groups is 1.